The van der Waals surface area contributed by atoms with Gasteiger partial charge in [-0.15, -0.1) is 0 Å². The monoisotopic (exact) mass is 358 g/mol. The fraction of sp³-hybridized carbons (Fsp3) is 0.900. The minimum atomic E-state index is -1.00. The fourth-order valence-electron chi connectivity index (χ4n) is 3.19. The molecule has 0 bridgehead atoms. The lowest BCUT2D eigenvalue weighted by molar-refractivity contribution is -0.0938. The van der Waals surface area contributed by atoms with Gasteiger partial charge in [0.05, 0.1) is 13.2 Å². The van der Waals surface area contributed by atoms with E-state index in [4.69, 9.17) is 14.6 Å². The maximum absolute atomic E-state index is 9.85. The normalized spacial score (nSPS) is 25.0. The largest absolute Gasteiger partial charge is 0.394 e. The third-order valence-corrected chi connectivity index (χ3v) is 4.71. The van der Waals surface area contributed by atoms with Crippen LogP contribution in [0.2, 0.25) is 0 Å². The summed E-state index contributed by atoms with van der Waals surface area (Å²) in [5.74, 6) is 0. The highest BCUT2D eigenvalue weighted by Crippen LogP contribution is 2.21. The summed E-state index contributed by atoms with van der Waals surface area (Å²) in [7, 11) is 0. The Morgan fingerprint density at radius 1 is 1.04 bits per heavy atom. The molecule has 3 N–H and O–H groups in total. The van der Waals surface area contributed by atoms with E-state index >= 15 is 0 Å². The van der Waals surface area contributed by atoms with Crippen LogP contribution in [0.4, 0.5) is 0 Å². The van der Waals surface area contributed by atoms with Crippen LogP contribution in [0.15, 0.2) is 12.2 Å². The molecular formula is C20H38O5. The van der Waals surface area contributed by atoms with E-state index in [-0.39, 0.29) is 13.2 Å². The number of unbranched alkanes of at least 4 members (excludes halogenated alkanes) is 8. The molecule has 1 fully saturated rings. The number of aliphatic hydroxyl groups is 3. The Morgan fingerprint density at radius 2 is 1.68 bits per heavy atom. The highest BCUT2D eigenvalue weighted by atomic mass is 16.6. The maximum Gasteiger partial charge on any atom is 0.114 e. The van der Waals surface area contributed by atoms with E-state index in [0.29, 0.717) is 6.61 Å². The van der Waals surface area contributed by atoms with Gasteiger partial charge in [0.25, 0.3) is 0 Å². The van der Waals surface area contributed by atoms with Gasteiger partial charge in [-0.1, -0.05) is 57.6 Å². The molecule has 0 unspecified atom stereocenters. The average molecular weight is 359 g/mol. The zero-order valence-electron chi connectivity index (χ0n) is 15.8. The summed E-state index contributed by atoms with van der Waals surface area (Å²) < 4.78 is 11.0. The first-order valence-corrected chi connectivity index (χ1v) is 10.1. The summed E-state index contributed by atoms with van der Waals surface area (Å²) in [6, 6.07) is 0. The molecule has 5 heteroatoms. The van der Waals surface area contributed by atoms with Gasteiger partial charge in [-0.2, -0.15) is 0 Å². The average Bonchev–Trinajstić information content (AvgIpc) is 2.99. The Morgan fingerprint density at radius 3 is 2.32 bits per heavy atom. The van der Waals surface area contributed by atoms with Crippen LogP contribution >= 0.6 is 0 Å². The SMILES string of the molecule is CC/C=C/CCCCCCCCCCO[C@@H]1[C@H]([C@H](O)CO)OC[C@@H]1O. The summed E-state index contributed by atoms with van der Waals surface area (Å²) in [4.78, 5) is 0. The van der Waals surface area contributed by atoms with Crippen molar-refractivity contribution in [1.82, 2.24) is 0 Å². The molecule has 0 aromatic carbocycles. The molecule has 0 aromatic rings. The number of rotatable bonds is 15. The quantitative estimate of drug-likeness (QED) is 0.310. The molecule has 148 valence electrons. The summed E-state index contributed by atoms with van der Waals surface area (Å²) in [6.45, 7) is 2.50. The highest BCUT2D eigenvalue weighted by molar-refractivity contribution is 4.89. The number of allylic oxidation sites excluding steroid dienone is 2. The summed E-state index contributed by atoms with van der Waals surface area (Å²) in [5, 5.41) is 28.5. The fourth-order valence-corrected chi connectivity index (χ4v) is 3.19. The van der Waals surface area contributed by atoms with Crippen molar-refractivity contribution in [2.75, 3.05) is 19.8 Å². The van der Waals surface area contributed by atoms with Crippen molar-refractivity contribution in [2.24, 2.45) is 0 Å². The van der Waals surface area contributed by atoms with Crippen LogP contribution < -0.4 is 0 Å². The van der Waals surface area contributed by atoms with Gasteiger partial charge in [0.15, 0.2) is 0 Å². The van der Waals surface area contributed by atoms with Crippen molar-refractivity contribution in [3.63, 3.8) is 0 Å². The Balaban J connectivity index is 1.93. The van der Waals surface area contributed by atoms with E-state index in [1.165, 1.54) is 44.9 Å². The second kappa shape index (κ2) is 14.7. The second-order valence-corrected chi connectivity index (χ2v) is 6.95. The third-order valence-electron chi connectivity index (χ3n) is 4.71. The van der Waals surface area contributed by atoms with E-state index in [9.17, 15) is 10.2 Å². The molecule has 0 saturated carbocycles. The smallest absolute Gasteiger partial charge is 0.114 e. The van der Waals surface area contributed by atoms with Gasteiger partial charge < -0.3 is 24.8 Å². The van der Waals surface area contributed by atoms with Crippen molar-refractivity contribution < 1.29 is 24.8 Å². The summed E-state index contributed by atoms with van der Waals surface area (Å²) >= 11 is 0. The Bertz CT molecular complexity index is 334. The molecular weight excluding hydrogens is 320 g/mol. The lowest BCUT2D eigenvalue weighted by Crippen LogP contribution is -2.42. The minimum absolute atomic E-state index is 0.153. The lowest BCUT2D eigenvalue weighted by atomic mass is 10.1. The standard InChI is InChI=1S/C20H38O5/c1-2-3-4-5-6-7-8-9-10-11-12-13-14-24-20-18(23)16-25-19(20)17(22)15-21/h3-4,17-23H,2,5-16H2,1H3/b4-3+/t17-,18+,19+,20+/m1/s1. The van der Waals surface area contributed by atoms with Gasteiger partial charge in [0.1, 0.15) is 24.4 Å². The molecule has 1 heterocycles. The molecule has 1 rings (SSSR count). The first-order valence-electron chi connectivity index (χ1n) is 10.1. The number of ether oxygens (including phenoxy) is 2. The molecule has 0 aromatic heterocycles. The minimum Gasteiger partial charge on any atom is -0.394 e. The molecule has 1 aliphatic rings. The first-order chi connectivity index (χ1) is 12.2. The van der Waals surface area contributed by atoms with Gasteiger partial charge in [-0.05, 0) is 25.7 Å². The molecule has 0 spiro atoms. The van der Waals surface area contributed by atoms with Crippen molar-refractivity contribution >= 4 is 0 Å². The number of hydrogen-bond donors (Lipinski definition) is 3. The van der Waals surface area contributed by atoms with Crippen LogP contribution in [-0.4, -0.2) is 59.6 Å². The molecule has 1 aliphatic heterocycles. The maximum atomic E-state index is 9.85. The number of hydrogen-bond acceptors (Lipinski definition) is 5. The lowest BCUT2D eigenvalue weighted by Gasteiger charge is -2.23. The van der Waals surface area contributed by atoms with Gasteiger partial charge >= 0.3 is 0 Å². The van der Waals surface area contributed by atoms with Crippen molar-refractivity contribution in [3.05, 3.63) is 12.2 Å². The number of aliphatic hydroxyl groups excluding tert-OH is 3. The van der Waals surface area contributed by atoms with Crippen LogP contribution in [0.3, 0.4) is 0 Å². The summed E-state index contributed by atoms with van der Waals surface area (Å²) in [5.41, 5.74) is 0. The van der Waals surface area contributed by atoms with Crippen LogP contribution in [0.5, 0.6) is 0 Å². The van der Waals surface area contributed by atoms with Gasteiger partial charge in [-0.3, -0.25) is 0 Å². The third kappa shape index (κ3) is 9.71. The van der Waals surface area contributed by atoms with Gasteiger partial charge in [0.2, 0.25) is 0 Å². The summed E-state index contributed by atoms with van der Waals surface area (Å²) in [6.07, 6.45) is 13.8. The Labute approximate surface area is 153 Å². The molecule has 1 saturated heterocycles. The predicted octanol–water partition coefficient (Wildman–Crippen LogP) is 2.96. The molecule has 5 nitrogen and oxygen atoms in total. The predicted molar refractivity (Wildman–Crippen MR) is 99.6 cm³/mol. The van der Waals surface area contributed by atoms with E-state index in [2.05, 4.69) is 19.1 Å². The molecule has 0 amide bonds. The van der Waals surface area contributed by atoms with E-state index in [1.807, 2.05) is 0 Å². The van der Waals surface area contributed by atoms with E-state index in [1.54, 1.807) is 0 Å². The van der Waals surface area contributed by atoms with Crippen LogP contribution in [0.25, 0.3) is 0 Å². The second-order valence-electron chi connectivity index (χ2n) is 6.95. The first kappa shape index (κ1) is 22.6. The molecule has 0 radical (unpaired) electrons. The zero-order chi connectivity index (χ0) is 18.3. The van der Waals surface area contributed by atoms with Crippen LogP contribution in [-0.2, 0) is 9.47 Å². The van der Waals surface area contributed by atoms with Crippen molar-refractivity contribution in [2.45, 2.75) is 95.5 Å². The highest BCUT2D eigenvalue weighted by Gasteiger charge is 2.40. The molecule has 0 aliphatic carbocycles. The Hall–Kier alpha value is -0.460. The zero-order valence-corrected chi connectivity index (χ0v) is 15.8. The molecule has 4 atom stereocenters. The van der Waals surface area contributed by atoms with Crippen LogP contribution in [0, 0.1) is 0 Å². The van der Waals surface area contributed by atoms with Gasteiger partial charge in [0, 0.05) is 6.61 Å². The Kier molecular flexibility index (Phi) is 13.3. The topological polar surface area (TPSA) is 79.2 Å². The molecule has 25 heavy (non-hydrogen) atoms. The van der Waals surface area contributed by atoms with Crippen molar-refractivity contribution in [1.29, 1.82) is 0 Å². The van der Waals surface area contributed by atoms with E-state index < -0.39 is 24.4 Å². The van der Waals surface area contributed by atoms with Crippen molar-refractivity contribution in [3.8, 4) is 0 Å². The van der Waals surface area contributed by atoms with E-state index in [0.717, 1.165) is 19.3 Å². The van der Waals surface area contributed by atoms with Gasteiger partial charge in [-0.25, -0.2) is 0 Å². The van der Waals surface area contributed by atoms with Crippen LogP contribution in [0.1, 0.15) is 71.1 Å².